The van der Waals surface area contributed by atoms with Gasteiger partial charge in [0, 0.05) is 21.7 Å². The van der Waals surface area contributed by atoms with Gasteiger partial charge in [0.1, 0.15) is 0 Å². The molecule has 1 heterocycles. The Bertz CT molecular complexity index is 1370. The van der Waals surface area contributed by atoms with Crippen molar-refractivity contribution in [1.29, 1.82) is 0 Å². The molecule has 0 aliphatic heterocycles. The van der Waals surface area contributed by atoms with Gasteiger partial charge in [-0.3, -0.25) is 0 Å². The Morgan fingerprint density at radius 3 is 2.30 bits per heavy atom. The zero-order chi connectivity index (χ0) is 23.5. The summed E-state index contributed by atoms with van der Waals surface area (Å²) in [5.74, 6) is 0. The lowest BCUT2D eigenvalue weighted by atomic mass is 10.0. The van der Waals surface area contributed by atoms with Crippen molar-refractivity contribution in [3.63, 3.8) is 0 Å². The van der Waals surface area contributed by atoms with Crippen molar-refractivity contribution in [1.82, 2.24) is 9.88 Å². The molecule has 4 aromatic rings. The van der Waals surface area contributed by atoms with Gasteiger partial charge in [-0.25, -0.2) is 0 Å². The molecule has 3 heteroatoms. The van der Waals surface area contributed by atoms with Crippen LogP contribution in [0.1, 0.15) is 31.9 Å². The quantitative estimate of drug-likeness (QED) is 0.226. The minimum atomic E-state index is 0.0704. The van der Waals surface area contributed by atoms with E-state index in [0.29, 0.717) is 0 Å². The Kier molecular flexibility index (Phi) is 6.92. The third-order valence-corrected chi connectivity index (χ3v) is 7.16. The molecule has 168 valence electrons. The van der Waals surface area contributed by atoms with Crippen molar-refractivity contribution in [2.75, 3.05) is 13.3 Å². The molecule has 0 saturated carbocycles. The van der Waals surface area contributed by atoms with E-state index in [1.54, 1.807) is 0 Å². The van der Waals surface area contributed by atoms with Crippen LogP contribution in [0, 0.1) is 0 Å². The fourth-order valence-electron chi connectivity index (χ4n) is 4.50. The first kappa shape index (κ1) is 23.2. The van der Waals surface area contributed by atoms with E-state index in [-0.39, 0.29) is 6.04 Å². The topological polar surface area (TPSA) is 17.0 Å². The van der Waals surface area contributed by atoms with E-state index in [1.807, 2.05) is 18.8 Å². The molecule has 0 fully saturated rings. The van der Waals surface area contributed by atoms with Gasteiger partial charge in [0.2, 0.25) is 0 Å². The van der Waals surface area contributed by atoms with Gasteiger partial charge in [0.25, 0.3) is 0 Å². The first-order valence-corrected chi connectivity index (χ1v) is 12.6. The molecule has 0 aliphatic rings. The first-order chi connectivity index (χ1) is 16.0. The van der Waals surface area contributed by atoms with Crippen molar-refractivity contribution < 1.29 is 0 Å². The Morgan fingerprint density at radius 2 is 1.67 bits per heavy atom. The van der Waals surface area contributed by atoms with Crippen LogP contribution in [0.3, 0.4) is 0 Å². The number of hydrogen-bond acceptors (Lipinski definition) is 2. The average molecular weight is 453 g/mol. The van der Waals surface area contributed by atoms with Crippen LogP contribution in [0.5, 0.6) is 0 Å². The highest BCUT2D eigenvalue weighted by Gasteiger charge is 2.20. The number of likely N-dealkylation sites (N-methyl/N-ethyl adjacent to an activating group) is 1. The maximum Gasteiger partial charge on any atom is 0.0552 e. The number of para-hydroxylation sites is 1. The van der Waals surface area contributed by atoms with Gasteiger partial charge in [0.05, 0.1) is 16.7 Å². The van der Waals surface area contributed by atoms with Crippen LogP contribution < -0.4 is 5.32 Å². The van der Waals surface area contributed by atoms with Gasteiger partial charge < -0.3 is 9.88 Å². The predicted molar refractivity (Wildman–Crippen MR) is 148 cm³/mol. The highest BCUT2D eigenvalue weighted by atomic mass is 32.2. The molecule has 0 spiro atoms. The number of rotatable bonds is 7. The standard InChI is InChI=1S/C30H32N2S/c1-7-21(4)23-17-18-27-29(30(23)33-6)24-15-11-12-16-26(24)32(27)28(19-25(31-5)20(2)3)22-13-9-8-10-14-22/h7-19,25,31H,2H2,1,3-6H3/b21-7+,28-19-. The molecule has 4 rings (SSSR count). The summed E-state index contributed by atoms with van der Waals surface area (Å²) in [5, 5.41) is 6.01. The SMILES string of the molecule is C=C(C)C(/C=C(/c1ccccc1)n1c2ccccc2c2c(SC)c(/C(C)=C/C)ccc21)NC. The molecule has 33 heavy (non-hydrogen) atoms. The molecule has 0 radical (unpaired) electrons. The number of nitrogens with zero attached hydrogens (tertiary/aromatic N) is 1. The predicted octanol–water partition coefficient (Wildman–Crippen LogP) is 7.99. The summed E-state index contributed by atoms with van der Waals surface area (Å²) in [4.78, 5) is 1.33. The summed E-state index contributed by atoms with van der Waals surface area (Å²) in [6.45, 7) is 10.6. The van der Waals surface area contributed by atoms with Gasteiger partial charge in [0.15, 0.2) is 0 Å². The van der Waals surface area contributed by atoms with Gasteiger partial charge in [-0.1, -0.05) is 72.8 Å². The second-order valence-corrected chi connectivity index (χ2v) is 9.21. The highest BCUT2D eigenvalue weighted by molar-refractivity contribution is 7.99. The largest absolute Gasteiger partial charge is 0.310 e. The maximum atomic E-state index is 4.22. The van der Waals surface area contributed by atoms with E-state index in [2.05, 4.69) is 122 Å². The lowest BCUT2D eigenvalue weighted by Gasteiger charge is -2.19. The molecule has 1 atom stereocenters. The Labute approximate surface area is 201 Å². The number of allylic oxidation sites excluding steroid dienone is 2. The first-order valence-electron chi connectivity index (χ1n) is 11.4. The lowest BCUT2D eigenvalue weighted by Crippen LogP contribution is -2.24. The molecular formula is C30H32N2S. The van der Waals surface area contributed by atoms with Crippen molar-refractivity contribution in [2.24, 2.45) is 0 Å². The van der Waals surface area contributed by atoms with E-state index >= 15 is 0 Å². The third kappa shape index (κ3) is 4.19. The number of thioether (sulfide) groups is 1. The van der Waals surface area contributed by atoms with Crippen LogP contribution in [0.15, 0.2) is 95.9 Å². The number of hydrogen-bond donors (Lipinski definition) is 1. The van der Waals surface area contributed by atoms with Crippen molar-refractivity contribution in [2.45, 2.75) is 31.7 Å². The van der Waals surface area contributed by atoms with E-state index in [1.165, 1.54) is 43.4 Å². The molecule has 0 amide bonds. The van der Waals surface area contributed by atoms with Gasteiger partial charge >= 0.3 is 0 Å². The molecule has 3 aromatic carbocycles. The summed E-state index contributed by atoms with van der Waals surface area (Å²) in [5.41, 5.74) is 8.47. The van der Waals surface area contributed by atoms with Gasteiger partial charge in [-0.15, -0.1) is 11.8 Å². The molecule has 1 N–H and O–H groups in total. The van der Waals surface area contributed by atoms with E-state index in [9.17, 15) is 0 Å². The van der Waals surface area contributed by atoms with E-state index in [4.69, 9.17) is 0 Å². The monoisotopic (exact) mass is 452 g/mol. The minimum Gasteiger partial charge on any atom is -0.310 e. The molecule has 0 aliphatic carbocycles. The van der Waals surface area contributed by atoms with E-state index < -0.39 is 0 Å². The Morgan fingerprint density at radius 1 is 0.970 bits per heavy atom. The average Bonchev–Trinajstić information content (AvgIpc) is 3.18. The molecule has 1 unspecified atom stereocenters. The highest BCUT2D eigenvalue weighted by Crippen LogP contribution is 2.42. The summed E-state index contributed by atoms with van der Waals surface area (Å²) >= 11 is 1.83. The summed E-state index contributed by atoms with van der Waals surface area (Å²) in [6, 6.07) is 24.0. The van der Waals surface area contributed by atoms with Gasteiger partial charge in [-0.2, -0.15) is 0 Å². The van der Waals surface area contributed by atoms with E-state index in [0.717, 1.165) is 11.3 Å². The lowest BCUT2D eigenvalue weighted by molar-refractivity contribution is 0.753. The molecule has 2 nitrogen and oxygen atoms in total. The number of benzene rings is 3. The maximum absolute atomic E-state index is 4.22. The molecule has 0 saturated heterocycles. The van der Waals surface area contributed by atoms with Crippen LogP contribution in [0.2, 0.25) is 0 Å². The number of fused-ring (bicyclic) bond motifs is 3. The summed E-state index contributed by atoms with van der Waals surface area (Å²) < 4.78 is 2.42. The zero-order valence-electron chi connectivity index (χ0n) is 20.1. The zero-order valence-corrected chi connectivity index (χ0v) is 21.0. The van der Waals surface area contributed by atoms with Crippen LogP contribution >= 0.6 is 11.8 Å². The molecule has 0 bridgehead atoms. The van der Waals surface area contributed by atoms with Crippen molar-refractivity contribution in [3.8, 4) is 0 Å². The van der Waals surface area contributed by atoms with Crippen molar-refractivity contribution in [3.05, 3.63) is 102 Å². The fraction of sp³-hybridized carbons (Fsp3) is 0.200. The summed E-state index contributed by atoms with van der Waals surface area (Å²) in [7, 11) is 1.99. The minimum absolute atomic E-state index is 0.0704. The van der Waals surface area contributed by atoms with Crippen LogP contribution in [-0.4, -0.2) is 23.9 Å². The molecule has 1 aromatic heterocycles. The third-order valence-electron chi connectivity index (χ3n) is 6.33. The van der Waals surface area contributed by atoms with Gasteiger partial charge in [-0.05, 0) is 69.0 Å². The van der Waals surface area contributed by atoms with Crippen LogP contribution in [0.25, 0.3) is 33.1 Å². The second kappa shape index (κ2) is 9.86. The summed E-state index contributed by atoms with van der Waals surface area (Å²) in [6.07, 6.45) is 6.67. The second-order valence-electron chi connectivity index (χ2n) is 8.40. The fourth-order valence-corrected chi connectivity index (χ4v) is 5.37. The molecular weight excluding hydrogens is 420 g/mol. The van der Waals surface area contributed by atoms with Crippen LogP contribution in [-0.2, 0) is 0 Å². The smallest absolute Gasteiger partial charge is 0.0552 e. The van der Waals surface area contributed by atoms with Crippen molar-refractivity contribution >= 4 is 44.8 Å². The number of aromatic nitrogens is 1. The Balaban J connectivity index is 2.16. The Hall–Kier alpha value is -3.01. The van der Waals surface area contributed by atoms with Crippen LogP contribution in [0.4, 0.5) is 0 Å². The normalized spacial score (nSPS) is 13.6. The number of nitrogens with one attached hydrogen (secondary N) is 1.